The Hall–Kier alpha value is -5.23. The van der Waals surface area contributed by atoms with Gasteiger partial charge in [-0.15, -0.1) is 5.92 Å². The number of aromatic nitrogens is 3. The predicted molar refractivity (Wildman–Crippen MR) is 147 cm³/mol. The van der Waals surface area contributed by atoms with Crippen molar-refractivity contribution in [2.75, 3.05) is 6.61 Å². The van der Waals surface area contributed by atoms with Crippen LogP contribution in [-0.4, -0.2) is 38.0 Å². The number of ether oxygens (including phenoxy) is 1. The van der Waals surface area contributed by atoms with Gasteiger partial charge in [0.15, 0.2) is 11.4 Å². The van der Waals surface area contributed by atoms with Crippen LogP contribution in [0.5, 0.6) is 11.6 Å². The summed E-state index contributed by atoms with van der Waals surface area (Å²) in [6.07, 6.45) is 3.57. The number of nitrogens with one attached hydrogen (secondary N) is 2. The number of benzene rings is 3. The van der Waals surface area contributed by atoms with Gasteiger partial charge in [0.2, 0.25) is 0 Å². The molecule has 1 saturated heterocycles. The lowest BCUT2D eigenvalue weighted by atomic mass is 9.88. The number of rotatable bonds is 6. The highest BCUT2D eigenvalue weighted by Gasteiger charge is 2.48. The van der Waals surface area contributed by atoms with Gasteiger partial charge in [-0.2, -0.15) is 5.10 Å². The van der Waals surface area contributed by atoms with Gasteiger partial charge in [-0.25, -0.2) is 4.79 Å². The van der Waals surface area contributed by atoms with Gasteiger partial charge in [-0.05, 0) is 53.9 Å². The third kappa shape index (κ3) is 4.12. The molecule has 1 aliphatic heterocycles. The van der Waals surface area contributed by atoms with Crippen LogP contribution >= 0.6 is 0 Å². The molecule has 3 aromatic carbocycles. The molecule has 0 spiro atoms. The zero-order valence-electron chi connectivity index (χ0n) is 21.4. The first-order valence-electron chi connectivity index (χ1n) is 12.4. The molecule has 0 aliphatic carbocycles. The lowest BCUT2D eigenvalue weighted by Gasteiger charge is -2.27. The molecule has 5 aromatic rings. The summed E-state index contributed by atoms with van der Waals surface area (Å²) in [6, 6.07) is 18.4. The molecule has 2 aromatic heterocycles. The van der Waals surface area contributed by atoms with Crippen LogP contribution in [0.25, 0.3) is 32.8 Å². The molecule has 0 unspecified atom stereocenters. The fraction of sp³-hybridized carbons (Fsp3) is 0.167. The van der Waals surface area contributed by atoms with E-state index in [0.717, 1.165) is 27.4 Å². The number of carbonyl (C=O) groups excluding carboxylic acids is 2. The number of nitrogens with zero attached hydrogens (tertiary/aromatic N) is 3. The van der Waals surface area contributed by atoms with E-state index in [9.17, 15) is 14.7 Å². The highest BCUT2D eigenvalue weighted by Crippen LogP contribution is 2.35. The quantitative estimate of drug-likeness (QED) is 0.232. The van der Waals surface area contributed by atoms with Crippen molar-refractivity contribution in [3.05, 3.63) is 78.6 Å². The molecule has 9 heteroatoms. The molecule has 0 bridgehead atoms. The van der Waals surface area contributed by atoms with E-state index in [0.29, 0.717) is 16.7 Å². The summed E-state index contributed by atoms with van der Waals surface area (Å²) in [4.78, 5) is 25.5. The molecule has 3 amide bonds. The van der Waals surface area contributed by atoms with Gasteiger partial charge in [0.1, 0.15) is 12.4 Å². The maximum Gasteiger partial charge on any atom is 0.322 e. The van der Waals surface area contributed by atoms with Gasteiger partial charge in [-0.3, -0.25) is 14.8 Å². The summed E-state index contributed by atoms with van der Waals surface area (Å²) < 4.78 is 9.01. The number of hydrogen-bond acceptors (Lipinski definition) is 5. The second kappa shape index (κ2) is 9.26. The van der Waals surface area contributed by atoms with Gasteiger partial charge in [-0.1, -0.05) is 36.3 Å². The Kier molecular flexibility index (Phi) is 5.73. The summed E-state index contributed by atoms with van der Waals surface area (Å²) in [5, 5.41) is 22.9. The Balaban J connectivity index is 1.35. The maximum absolute atomic E-state index is 13.2. The second-order valence-corrected chi connectivity index (χ2v) is 9.48. The second-order valence-electron chi connectivity index (χ2n) is 9.48. The minimum absolute atomic E-state index is 0.0103. The standard InChI is InChI=1S/C30H25N5O4/c1-3-4-13-39-24-11-7-21-17-35(27(36)25(21)15-24)18-30(28(37)32-29(38)33-30)23-9-5-19(6-10-23)20-8-12-26-22(14-20)16-31-34(26)2/h5-12,14-17,36H,13,18H2,1-2H3,(H2,32,33,37,38)/t30-/m0/s1. The van der Waals surface area contributed by atoms with E-state index >= 15 is 0 Å². The highest BCUT2D eigenvalue weighted by atomic mass is 16.5. The summed E-state index contributed by atoms with van der Waals surface area (Å²) in [5.41, 5.74) is 2.18. The van der Waals surface area contributed by atoms with Crippen LogP contribution in [0.1, 0.15) is 12.5 Å². The van der Waals surface area contributed by atoms with Crippen LogP contribution in [0.4, 0.5) is 4.79 Å². The number of urea groups is 1. The first kappa shape index (κ1) is 24.1. The van der Waals surface area contributed by atoms with Crippen molar-refractivity contribution in [2.45, 2.75) is 19.0 Å². The fourth-order valence-corrected chi connectivity index (χ4v) is 5.07. The van der Waals surface area contributed by atoms with E-state index in [1.165, 1.54) is 0 Å². The van der Waals surface area contributed by atoms with Crippen LogP contribution < -0.4 is 15.4 Å². The van der Waals surface area contributed by atoms with Gasteiger partial charge < -0.3 is 19.7 Å². The molecule has 6 rings (SSSR count). The van der Waals surface area contributed by atoms with E-state index in [4.69, 9.17) is 4.74 Å². The van der Waals surface area contributed by atoms with Gasteiger partial charge in [0, 0.05) is 29.4 Å². The van der Waals surface area contributed by atoms with Crippen LogP contribution in [-0.2, 0) is 23.9 Å². The molecule has 194 valence electrons. The van der Waals surface area contributed by atoms with Crippen molar-refractivity contribution in [3.8, 4) is 34.6 Å². The zero-order chi connectivity index (χ0) is 27.1. The van der Waals surface area contributed by atoms with Crippen molar-refractivity contribution in [3.63, 3.8) is 0 Å². The minimum atomic E-state index is -1.41. The third-order valence-corrected chi connectivity index (χ3v) is 7.13. The van der Waals surface area contributed by atoms with E-state index in [-0.39, 0.29) is 19.0 Å². The average Bonchev–Trinajstić information content (AvgIpc) is 3.56. The Labute approximate surface area is 224 Å². The van der Waals surface area contributed by atoms with Crippen LogP contribution in [0, 0.1) is 11.8 Å². The molecule has 3 heterocycles. The van der Waals surface area contributed by atoms with Gasteiger partial charge in [0.25, 0.3) is 5.91 Å². The van der Waals surface area contributed by atoms with Gasteiger partial charge >= 0.3 is 6.03 Å². The molecule has 3 N–H and O–H groups in total. The summed E-state index contributed by atoms with van der Waals surface area (Å²) in [5.74, 6) is 5.66. The molecule has 39 heavy (non-hydrogen) atoms. The Morgan fingerprint density at radius 3 is 2.56 bits per heavy atom. The normalized spacial score (nSPS) is 16.7. The van der Waals surface area contributed by atoms with Crippen molar-refractivity contribution >= 4 is 33.6 Å². The van der Waals surface area contributed by atoms with E-state index in [2.05, 4.69) is 33.6 Å². The number of carbonyl (C=O) groups is 2. The average molecular weight is 520 g/mol. The largest absolute Gasteiger partial charge is 0.494 e. The molecular weight excluding hydrogens is 494 g/mol. The van der Waals surface area contributed by atoms with E-state index < -0.39 is 17.5 Å². The smallest absolute Gasteiger partial charge is 0.322 e. The van der Waals surface area contributed by atoms with Crippen molar-refractivity contribution in [2.24, 2.45) is 7.05 Å². The first-order chi connectivity index (χ1) is 18.9. The van der Waals surface area contributed by atoms with Crippen molar-refractivity contribution in [1.29, 1.82) is 0 Å². The number of fused-ring (bicyclic) bond motifs is 2. The minimum Gasteiger partial charge on any atom is -0.494 e. The monoisotopic (exact) mass is 519 g/mol. The zero-order valence-corrected chi connectivity index (χ0v) is 21.4. The molecule has 0 saturated carbocycles. The van der Waals surface area contributed by atoms with Crippen LogP contribution in [0.3, 0.4) is 0 Å². The fourth-order valence-electron chi connectivity index (χ4n) is 5.07. The Bertz CT molecular complexity index is 1820. The predicted octanol–water partition coefficient (Wildman–Crippen LogP) is 4.04. The Morgan fingerprint density at radius 2 is 1.82 bits per heavy atom. The maximum atomic E-state index is 13.2. The molecule has 1 atom stereocenters. The van der Waals surface area contributed by atoms with Crippen molar-refractivity contribution in [1.82, 2.24) is 25.0 Å². The molecule has 1 aliphatic rings. The lowest BCUT2D eigenvalue weighted by Crippen LogP contribution is -2.47. The first-order valence-corrected chi connectivity index (χ1v) is 12.4. The molecule has 0 radical (unpaired) electrons. The summed E-state index contributed by atoms with van der Waals surface area (Å²) in [7, 11) is 1.90. The topological polar surface area (TPSA) is 110 Å². The number of imide groups is 1. The number of aromatic hydroxyl groups is 1. The van der Waals surface area contributed by atoms with E-state index in [1.54, 1.807) is 29.8 Å². The number of hydrogen-bond donors (Lipinski definition) is 3. The van der Waals surface area contributed by atoms with Gasteiger partial charge in [0.05, 0.1) is 18.3 Å². The molecule has 1 fully saturated rings. The van der Waals surface area contributed by atoms with E-state index in [1.807, 2.05) is 60.4 Å². The molecular formula is C30H25N5O4. The van der Waals surface area contributed by atoms with Crippen molar-refractivity contribution < 1.29 is 19.4 Å². The highest BCUT2D eigenvalue weighted by molar-refractivity contribution is 6.07. The van der Waals surface area contributed by atoms with Crippen LogP contribution in [0.2, 0.25) is 0 Å². The number of aryl methyl sites for hydroxylation is 1. The molecule has 9 nitrogen and oxygen atoms in total. The summed E-state index contributed by atoms with van der Waals surface area (Å²) in [6.45, 7) is 1.97. The Morgan fingerprint density at radius 1 is 1.03 bits per heavy atom. The lowest BCUT2D eigenvalue weighted by molar-refractivity contribution is -0.124. The van der Waals surface area contributed by atoms with Crippen LogP contribution in [0.15, 0.2) is 73.1 Å². The third-order valence-electron chi connectivity index (χ3n) is 7.13. The SMILES string of the molecule is CC#CCOc1ccc2cn(C[C@@]3(c4ccc(-c5ccc6c(cnn6C)c5)cc4)NC(=O)NC3=O)c(O)c2c1. The number of amides is 3. The summed E-state index contributed by atoms with van der Waals surface area (Å²) >= 11 is 0.